The summed E-state index contributed by atoms with van der Waals surface area (Å²) in [5.41, 5.74) is 1.12. The fourth-order valence-electron chi connectivity index (χ4n) is 9.17. The lowest BCUT2D eigenvalue weighted by Crippen LogP contribution is -2.60. The maximum absolute atomic E-state index is 12.7. The molecule has 0 spiro atoms. The van der Waals surface area contributed by atoms with Crippen molar-refractivity contribution < 1.29 is 22.3 Å². The smallest absolute Gasteiger partial charge is 0.422 e. The maximum Gasteiger partial charge on any atom is 0.422 e. The molecular weight excluding hydrogens is 658 g/mol. The number of alkyl halides is 3. The number of para-hydroxylation sites is 1. The normalized spacial score (nSPS) is 29.4. The number of nitrogens with zero attached hydrogens (tertiary/aromatic N) is 3. The zero-order chi connectivity index (χ0) is 35.7. The lowest BCUT2D eigenvalue weighted by molar-refractivity contribution is -0.153. The van der Waals surface area contributed by atoms with Crippen molar-refractivity contribution in [1.29, 1.82) is 5.26 Å². The first-order chi connectivity index (χ1) is 23.6. The predicted molar refractivity (Wildman–Crippen MR) is 192 cm³/mol. The van der Waals surface area contributed by atoms with Gasteiger partial charge in [-0.1, -0.05) is 39.0 Å². The van der Waals surface area contributed by atoms with Gasteiger partial charge in [-0.05, 0) is 118 Å². The minimum Gasteiger partial charge on any atom is -0.484 e. The van der Waals surface area contributed by atoms with E-state index in [4.69, 9.17) is 9.16 Å². The Morgan fingerprint density at radius 3 is 2.36 bits per heavy atom. The SMILES string of the molecule is CC(C)(C)[Si](C)(C)O[C@H]1CC[C@@H](CN[C@@H]2[C@@H]3CC4C[C@H]2C[C@@](CNc2nc(NCc5ccccc5OCC(F)(F)F)ncc2C#N)(C4)C3)CC1. The van der Waals surface area contributed by atoms with Crippen LogP contribution in [0.15, 0.2) is 30.5 Å². The number of nitrogens with one attached hydrogen (secondary N) is 3. The Morgan fingerprint density at radius 2 is 1.70 bits per heavy atom. The largest absolute Gasteiger partial charge is 0.484 e. The first kappa shape index (κ1) is 36.9. The van der Waals surface area contributed by atoms with Gasteiger partial charge in [-0.2, -0.15) is 23.4 Å². The lowest BCUT2D eigenvalue weighted by atomic mass is 9.48. The van der Waals surface area contributed by atoms with Gasteiger partial charge in [-0.15, -0.1) is 0 Å². The van der Waals surface area contributed by atoms with Crippen LogP contribution in [-0.2, 0) is 11.0 Å². The molecule has 5 aliphatic carbocycles. The van der Waals surface area contributed by atoms with Gasteiger partial charge in [-0.25, -0.2) is 4.98 Å². The summed E-state index contributed by atoms with van der Waals surface area (Å²) in [7, 11) is -1.73. The summed E-state index contributed by atoms with van der Waals surface area (Å²) < 4.78 is 50.0. The highest BCUT2D eigenvalue weighted by atomic mass is 28.4. The molecule has 5 fully saturated rings. The van der Waals surface area contributed by atoms with Gasteiger partial charge in [0.2, 0.25) is 5.95 Å². The van der Waals surface area contributed by atoms with E-state index in [1.807, 2.05) is 0 Å². The third kappa shape index (κ3) is 8.76. The molecule has 50 heavy (non-hydrogen) atoms. The number of hydrogen-bond acceptors (Lipinski definition) is 8. The average molecular weight is 713 g/mol. The van der Waals surface area contributed by atoms with E-state index in [0.29, 0.717) is 46.9 Å². The number of hydrogen-bond donors (Lipinski definition) is 3. The monoisotopic (exact) mass is 712 g/mol. The van der Waals surface area contributed by atoms with Gasteiger partial charge >= 0.3 is 6.18 Å². The number of rotatable bonds is 13. The summed E-state index contributed by atoms with van der Waals surface area (Å²) >= 11 is 0. The molecule has 0 amide bonds. The molecule has 5 atom stereocenters. The van der Waals surface area contributed by atoms with Crippen LogP contribution in [0, 0.1) is 40.4 Å². The molecule has 5 aliphatic rings. The molecule has 7 rings (SSSR count). The third-order valence-corrected chi connectivity index (χ3v) is 17.0. The Labute approximate surface area is 296 Å². The Kier molecular flexibility index (Phi) is 10.8. The van der Waals surface area contributed by atoms with Crippen molar-refractivity contribution in [2.45, 2.75) is 122 Å². The van der Waals surface area contributed by atoms with Crippen molar-refractivity contribution in [3.05, 3.63) is 41.6 Å². The zero-order valence-electron chi connectivity index (χ0n) is 30.3. The second kappa shape index (κ2) is 14.6. The topological polar surface area (TPSA) is 104 Å². The summed E-state index contributed by atoms with van der Waals surface area (Å²) in [5.74, 6) is 3.79. The highest BCUT2D eigenvalue weighted by molar-refractivity contribution is 6.74. The molecule has 4 bridgehead atoms. The minimum absolute atomic E-state index is 0.151. The Hall–Kier alpha value is -2.88. The van der Waals surface area contributed by atoms with Crippen LogP contribution in [0.3, 0.4) is 0 Å². The van der Waals surface area contributed by atoms with Gasteiger partial charge in [0.15, 0.2) is 14.9 Å². The predicted octanol–water partition coefficient (Wildman–Crippen LogP) is 8.68. The molecule has 0 radical (unpaired) electrons. The molecule has 12 heteroatoms. The second-order valence-corrected chi connectivity index (χ2v) is 22.0. The molecule has 1 unspecified atom stereocenters. The number of benzene rings is 1. The van der Waals surface area contributed by atoms with Crippen LogP contribution in [0.4, 0.5) is 24.9 Å². The van der Waals surface area contributed by atoms with Gasteiger partial charge in [0, 0.05) is 30.8 Å². The van der Waals surface area contributed by atoms with Crippen LogP contribution in [0.2, 0.25) is 18.1 Å². The van der Waals surface area contributed by atoms with E-state index < -0.39 is 21.1 Å². The average Bonchev–Trinajstić information content (AvgIpc) is 3.05. The van der Waals surface area contributed by atoms with Crippen molar-refractivity contribution in [2.24, 2.45) is 29.1 Å². The summed E-state index contributed by atoms with van der Waals surface area (Å²) in [4.78, 5) is 8.92. The van der Waals surface area contributed by atoms with Gasteiger partial charge in [0.05, 0.1) is 6.20 Å². The third-order valence-electron chi connectivity index (χ3n) is 12.4. The Bertz CT molecular complexity index is 1500. The molecule has 274 valence electrons. The molecular formula is C38H55F3N6O2Si. The minimum atomic E-state index is -4.42. The van der Waals surface area contributed by atoms with Gasteiger partial charge in [0.1, 0.15) is 23.2 Å². The van der Waals surface area contributed by atoms with Crippen molar-refractivity contribution in [3.8, 4) is 11.8 Å². The molecule has 3 N–H and O–H groups in total. The quantitative estimate of drug-likeness (QED) is 0.177. The van der Waals surface area contributed by atoms with Crippen LogP contribution in [0.25, 0.3) is 0 Å². The number of aromatic nitrogens is 2. The molecule has 0 aliphatic heterocycles. The molecule has 2 aromatic rings. The molecule has 1 aromatic carbocycles. The highest BCUT2D eigenvalue weighted by Gasteiger charge is 2.55. The van der Waals surface area contributed by atoms with E-state index in [1.165, 1.54) is 70.1 Å². The standard InChI is InChI=1S/C38H55F3N6O2Si/c1-36(2,3)50(4,5)49-31-12-10-25(11-13-31)20-43-33-28-14-26-15-29(33)18-37(16-26,17-28)23-46-34-30(19-42)22-45-35(47-34)44-21-27-8-6-7-9-32(27)48-24-38(39,40)41/h6-9,22,25-26,28-29,31,33,43H,10-18,20-21,23-24H2,1-5H3,(H2,44,45,46,47)/t25-,26?,28-,29+,31+,33-,37-. The van der Waals surface area contributed by atoms with Gasteiger partial charge in [0.25, 0.3) is 0 Å². The zero-order valence-corrected chi connectivity index (χ0v) is 31.3. The molecule has 1 heterocycles. The van der Waals surface area contributed by atoms with Crippen LogP contribution in [0.5, 0.6) is 5.75 Å². The molecule has 1 aromatic heterocycles. The highest BCUT2D eigenvalue weighted by Crippen LogP contribution is 2.60. The van der Waals surface area contributed by atoms with Gasteiger partial charge < -0.3 is 25.1 Å². The summed E-state index contributed by atoms with van der Waals surface area (Å²) in [6.07, 6.45) is 8.56. The second-order valence-electron chi connectivity index (χ2n) is 17.2. The van der Waals surface area contributed by atoms with Crippen LogP contribution < -0.4 is 20.7 Å². The van der Waals surface area contributed by atoms with Crippen LogP contribution in [-0.4, -0.2) is 56.3 Å². The first-order valence-corrected chi connectivity index (χ1v) is 21.5. The van der Waals surface area contributed by atoms with Gasteiger partial charge in [-0.3, -0.25) is 0 Å². The van der Waals surface area contributed by atoms with Crippen molar-refractivity contribution in [1.82, 2.24) is 15.3 Å². The van der Waals surface area contributed by atoms with E-state index in [9.17, 15) is 18.4 Å². The summed E-state index contributed by atoms with van der Waals surface area (Å²) in [6, 6.07) is 9.39. The Morgan fingerprint density at radius 1 is 1.00 bits per heavy atom. The van der Waals surface area contributed by atoms with Crippen molar-refractivity contribution >= 4 is 20.1 Å². The van der Waals surface area contributed by atoms with Crippen molar-refractivity contribution in [2.75, 3.05) is 30.3 Å². The molecule has 0 saturated heterocycles. The fourth-order valence-corrected chi connectivity index (χ4v) is 10.6. The fraction of sp³-hybridized carbons (Fsp3) is 0.711. The Balaban J connectivity index is 1.01. The van der Waals surface area contributed by atoms with Crippen molar-refractivity contribution in [3.63, 3.8) is 0 Å². The first-order valence-electron chi connectivity index (χ1n) is 18.6. The van der Waals surface area contributed by atoms with E-state index in [2.05, 4.69) is 65.9 Å². The number of nitriles is 1. The molecule has 5 saturated carbocycles. The van der Waals surface area contributed by atoms with E-state index in [-0.39, 0.29) is 22.7 Å². The number of ether oxygens (including phenoxy) is 1. The number of anilines is 2. The summed E-state index contributed by atoms with van der Waals surface area (Å²) in [5, 5.41) is 20.8. The molecule has 8 nitrogen and oxygen atoms in total. The lowest BCUT2D eigenvalue weighted by Gasteiger charge is -2.60. The van der Waals surface area contributed by atoms with E-state index >= 15 is 0 Å². The van der Waals surface area contributed by atoms with Crippen LogP contribution in [0.1, 0.15) is 89.7 Å². The summed E-state index contributed by atoms with van der Waals surface area (Å²) in [6.45, 7) is 12.4. The number of halogens is 3. The van der Waals surface area contributed by atoms with Crippen LogP contribution >= 0.6 is 0 Å². The maximum atomic E-state index is 12.7. The van der Waals surface area contributed by atoms with E-state index in [1.54, 1.807) is 18.2 Å². The van der Waals surface area contributed by atoms with E-state index in [0.717, 1.165) is 24.9 Å².